The number of amides is 1. The first-order chi connectivity index (χ1) is 5.34. The molecule has 1 rings (SSSR count). The molecule has 0 spiro atoms. The van der Waals surface area contributed by atoms with Crippen molar-refractivity contribution in [2.24, 2.45) is 0 Å². The molecule has 0 atom stereocenters. The lowest BCUT2D eigenvalue weighted by Crippen LogP contribution is -2.43. The van der Waals surface area contributed by atoms with Gasteiger partial charge in [0.1, 0.15) is 0 Å². The maximum atomic E-state index is 11.1. The zero-order chi connectivity index (χ0) is 8.10. The Hall–Kier alpha value is -0.770. The smallest absolute Gasteiger partial charge is 0.409 e. The first-order valence-electron chi connectivity index (χ1n) is 3.89. The van der Waals surface area contributed by atoms with Crippen molar-refractivity contribution >= 4 is 6.09 Å². The molecular weight excluding hydrogens is 144 g/mol. The molecule has 0 aromatic heterocycles. The van der Waals surface area contributed by atoms with Gasteiger partial charge in [0.2, 0.25) is 0 Å². The van der Waals surface area contributed by atoms with Gasteiger partial charge in [0.25, 0.3) is 0 Å². The van der Waals surface area contributed by atoms with Gasteiger partial charge in [0.05, 0.1) is 6.61 Å². The summed E-state index contributed by atoms with van der Waals surface area (Å²) in [6, 6.07) is 0. The van der Waals surface area contributed by atoms with E-state index in [1.54, 1.807) is 4.90 Å². The second-order valence-electron chi connectivity index (χ2n) is 2.36. The normalized spacial score (nSPS) is 18.1. The maximum absolute atomic E-state index is 11.1. The lowest BCUT2D eigenvalue weighted by Gasteiger charge is -2.25. The number of carbonyl (C=O) groups excluding carboxylic acids is 1. The molecule has 63 valence electrons. The van der Waals surface area contributed by atoms with E-state index in [0.717, 1.165) is 13.1 Å². The zero-order valence-electron chi connectivity index (χ0n) is 6.75. The molecule has 0 aromatic carbocycles. The maximum Gasteiger partial charge on any atom is 0.409 e. The van der Waals surface area contributed by atoms with Crippen LogP contribution in [0.15, 0.2) is 0 Å². The number of ether oxygens (including phenoxy) is 1. The Labute approximate surface area is 66.5 Å². The fraction of sp³-hybridized carbons (Fsp3) is 0.857. The van der Waals surface area contributed by atoms with Crippen LogP contribution < -0.4 is 5.32 Å². The minimum absolute atomic E-state index is 0.206. The van der Waals surface area contributed by atoms with Gasteiger partial charge in [-0.1, -0.05) is 0 Å². The van der Waals surface area contributed by atoms with E-state index in [1.807, 2.05) is 6.92 Å². The quantitative estimate of drug-likeness (QED) is 0.540. The van der Waals surface area contributed by atoms with Gasteiger partial charge in [0, 0.05) is 26.2 Å². The average Bonchev–Trinajstić information content (AvgIpc) is 2.07. The van der Waals surface area contributed by atoms with Crippen LogP contribution >= 0.6 is 0 Å². The highest BCUT2D eigenvalue weighted by molar-refractivity contribution is 5.67. The summed E-state index contributed by atoms with van der Waals surface area (Å²) in [6.45, 7) is 5.17. The van der Waals surface area contributed by atoms with Crippen LogP contribution in [0.4, 0.5) is 4.79 Å². The zero-order valence-corrected chi connectivity index (χ0v) is 6.75. The van der Waals surface area contributed by atoms with Crippen LogP contribution in [0.5, 0.6) is 0 Å². The van der Waals surface area contributed by atoms with Crippen molar-refractivity contribution in [3.05, 3.63) is 0 Å². The van der Waals surface area contributed by atoms with Crippen LogP contribution in [0.25, 0.3) is 0 Å². The van der Waals surface area contributed by atoms with Gasteiger partial charge >= 0.3 is 6.09 Å². The average molecular weight is 157 g/mol. The van der Waals surface area contributed by atoms with E-state index in [1.165, 1.54) is 0 Å². The van der Waals surface area contributed by atoms with Crippen molar-refractivity contribution in [2.45, 2.75) is 6.92 Å². The Kier molecular flexibility index (Phi) is 3.16. The fourth-order valence-electron chi connectivity index (χ4n) is 1.00. The van der Waals surface area contributed by atoms with Crippen molar-refractivity contribution in [3.8, 4) is 0 Å². The van der Waals surface area contributed by atoms with Gasteiger partial charge in [-0.2, -0.15) is 0 Å². The van der Waals surface area contributed by atoms with Gasteiger partial charge in [-0.15, -0.1) is 0 Å². The molecular formula is C7H13N2O2. The fourth-order valence-corrected chi connectivity index (χ4v) is 1.00. The molecule has 0 saturated carbocycles. The molecule has 4 nitrogen and oxygen atoms in total. The van der Waals surface area contributed by atoms with E-state index in [4.69, 9.17) is 4.74 Å². The summed E-state index contributed by atoms with van der Waals surface area (Å²) >= 11 is 0. The molecule has 1 radical (unpaired) electrons. The second-order valence-corrected chi connectivity index (χ2v) is 2.36. The van der Waals surface area contributed by atoms with Gasteiger partial charge in [-0.05, 0) is 6.92 Å². The number of hydrogen-bond donors (Lipinski definition) is 0. The molecule has 1 amide bonds. The van der Waals surface area contributed by atoms with Crippen LogP contribution in [-0.2, 0) is 4.74 Å². The molecule has 1 saturated heterocycles. The molecule has 0 N–H and O–H groups in total. The molecule has 0 unspecified atom stereocenters. The number of nitrogens with zero attached hydrogens (tertiary/aromatic N) is 2. The third-order valence-corrected chi connectivity index (χ3v) is 1.58. The van der Waals surface area contributed by atoms with Crippen molar-refractivity contribution in [3.63, 3.8) is 0 Å². The predicted octanol–water partition coefficient (Wildman–Crippen LogP) is 0.0629. The first kappa shape index (κ1) is 8.33. The van der Waals surface area contributed by atoms with Crippen LogP contribution in [0.2, 0.25) is 0 Å². The SMILES string of the molecule is CCOC(=O)N1CC[N]CC1. The predicted molar refractivity (Wildman–Crippen MR) is 40.5 cm³/mol. The molecule has 1 fully saturated rings. The van der Waals surface area contributed by atoms with Crippen molar-refractivity contribution in [1.29, 1.82) is 0 Å². The molecule has 1 aliphatic heterocycles. The highest BCUT2D eigenvalue weighted by atomic mass is 16.6. The third kappa shape index (κ3) is 2.38. The van der Waals surface area contributed by atoms with Gasteiger partial charge < -0.3 is 9.64 Å². The summed E-state index contributed by atoms with van der Waals surface area (Å²) in [5.41, 5.74) is 0. The Morgan fingerprint density at radius 1 is 1.55 bits per heavy atom. The van der Waals surface area contributed by atoms with E-state index in [0.29, 0.717) is 19.7 Å². The summed E-state index contributed by atoms with van der Waals surface area (Å²) in [5, 5.41) is 4.12. The molecule has 0 aromatic rings. The third-order valence-electron chi connectivity index (χ3n) is 1.58. The van der Waals surface area contributed by atoms with Crippen molar-refractivity contribution < 1.29 is 9.53 Å². The number of piperazine rings is 1. The van der Waals surface area contributed by atoms with Gasteiger partial charge in [0.15, 0.2) is 0 Å². The Bertz CT molecular complexity index is 132. The standard InChI is InChI=1S/C7H13N2O2/c1-2-11-7(10)9-5-3-8-4-6-9/h2-6H2,1H3. The van der Waals surface area contributed by atoms with Gasteiger partial charge in [-0.25, -0.2) is 10.1 Å². The summed E-state index contributed by atoms with van der Waals surface area (Å²) in [6.07, 6.45) is -0.206. The van der Waals surface area contributed by atoms with E-state index in [-0.39, 0.29) is 6.09 Å². The Morgan fingerprint density at radius 3 is 2.73 bits per heavy atom. The highest BCUT2D eigenvalue weighted by Gasteiger charge is 2.16. The molecule has 0 aliphatic carbocycles. The minimum atomic E-state index is -0.206. The molecule has 1 aliphatic rings. The largest absolute Gasteiger partial charge is 0.450 e. The minimum Gasteiger partial charge on any atom is -0.450 e. The van der Waals surface area contributed by atoms with Crippen molar-refractivity contribution in [1.82, 2.24) is 10.2 Å². The van der Waals surface area contributed by atoms with Gasteiger partial charge in [-0.3, -0.25) is 0 Å². The second kappa shape index (κ2) is 4.18. The first-order valence-corrected chi connectivity index (χ1v) is 3.89. The highest BCUT2D eigenvalue weighted by Crippen LogP contribution is 1.96. The van der Waals surface area contributed by atoms with E-state index in [2.05, 4.69) is 5.32 Å². The topological polar surface area (TPSA) is 43.6 Å². The van der Waals surface area contributed by atoms with Crippen molar-refractivity contribution in [2.75, 3.05) is 32.8 Å². The summed E-state index contributed by atoms with van der Waals surface area (Å²) in [4.78, 5) is 12.8. The van der Waals surface area contributed by atoms with E-state index < -0.39 is 0 Å². The number of carbonyl (C=O) groups is 1. The lowest BCUT2D eigenvalue weighted by atomic mass is 10.4. The Morgan fingerprint density at radius 2 is 2.18 bits per heavy atom. The summed E-state index contributed by atoms with van der Waals surface area (Å²) in [7, 11) is 0. The van der Waals surface area contributed by atoms with Crippen LogP contribution in [0.1, 0.15) is 6.92 Å². The number of rotatable bonds is 1. The lowest BCUT2D eigenvalue weighted by molar-refractivity contribution is 0.102. The number of hydrogen-bond acceptors (Lipinski definition) is 2. The summed E-state index contributed by atoms with van der Waals surface area (Å²) in [5.74, 6) is 0. The van der Waals surface area contributed by atoms with Crippen LogP contribution in [-0.4, -0.2) is 43.8 Å². The Balaban J connectivity index is 2.27. The van der Waals surface area contributed by atoms with E-state index in [9.17, 15) is 4.79 Å². The van der Waals surface area contributed by atoms with E-state index >= 15 is 0 Å². The van der Waals surface area contributed by atoms with Crippen LogP contribution in [0.3, 0.4) is 0 Å². The molecule has 11 heavy (non-hydrogen) atoms. The van der Waals surface area contributed by atoms with Crippen LogP contribution in [0, 0.1) is 0 Å². The molecule has 1 heterocycles. The molecule has 0 bridgehead atoms. The molecule has 4 heteroatoms. The monoisotopic (exact) mass is 157 g/mol. The summed E-state index contributed by atoms with van der Waals surface area (Å²) < 4.78 is 4.83.